The van der Waals surface area contributed by atoms with Crippen molar-refractivity contribution in [3.05, 3.63) is 17.5 Å². The van der Waals surface area contributed by atoms with E-state index in [1.54, 1.807) is 0 Å². The minimum Gasteiger partial charge on any atom is -0.320 e. The van der Waals surface area contributed by atoms with Crippen LogP contribution in [0.4, 0.5) is 0 Å². The number of nitrogens with zero attached hydrogens (tertiary/aromatic N) is 3. The molecule has 102 valence electrons. The molecule has 4 heteroatoms. The van der Waals surface area contributed by atoms with Crippen LogP contribution >= 0.6 is 0 Å². The van der Waals surface area contributed by atoms with Crippen molar-refractivity contribution < 1.29 is 0 Å². The van der Waals surface area contributed by atoms with Gasteiger partial charge in [-0.2, -0.15) is 5.10 Å². The molecule has 0 aliphatic carbocycles. The predicted octanol–water partition coefficient (Wildman–Crippen LogP) is 1.69. The van der Waals surface area contributed by atoms with Gasteiger partial charge in [0.25, 0.3) is 0 Å². The predicted molar refractivity (Wildman–Crippen MR) is 74.5 cm³/mol. The second kappa shape index (κ2) is 6.34. The summed E-state index contributed by atoms with van der Waals surface area (Å²) in [7, 11) is 4.05. The normalized spacial score (nSPS) is 21.4. The molecule has 1 aliphatic rings. The van der Waals surface area contributed by atoms with Crippen molar-refractivity contribution in [2.45, 2.75) is 45.2 Å². The minimum atomic E-state index is 0.741. The summed E-state index contributed by atoms with van der Waals surface area (Å²) < 4.78 is 1.93. The lowest BCUT2D eigenvalue weighted by atomic mass is 9.98. The van der Waals surface area contributed by atoms with Gasteiger partial charge in [-0.25, -0.2) is 0 Å². The average Bonchev–Trinajstić information content (AvgIpc) is 2.67. The molecule has 2 rings (SSSR count). The fourth-order valence-electron chi connectivity index (χ4n) is 2.93. The van der Waals surface area contributed by atoms with Crippen molar-refractivity contribution in [2.75, 3.05) is 20.1 Å². The molecule has 1 aromatic rings. The lowest BCUT2D eigenvalue weighted by Gasteiger charge is -2.35. The molecule has 0 aromatic carbocycles. The Kier molecular flexibility index (Phi) is 4.78. The van der Waals surface area contributed by atoms with Crippen molar-refractivity contribution in [3.8, 4) is 0 Å². The molecule has 0 saturated carbocycles. The summed E-state index contributed by atoms with van der Waals surface area (Å²) in [4.78, 5) is 2.64. The fourth-order valence-corrected chi connectivity index (χ4v) is 2.93. The molecule has 1 unspecified atom stereocenters. The first-order valence-electron chi connectivity index (χ1n) is 7.08. The zero-order valence-electron chi connectivity index (χ0n) is 11.9. The Hall–Kier alpha value is -0.870. The van der Waals surface area contributed by atoms with E-state index in [0.717, 1.165) is 19.1 Å². The Morgan fingerprint density at radius 2 is 2.28 bits per heavy atom. The Morgan fingerprint density at radius 3 is 2.94 bits per heavy atom. The maximum Gasteiger partial charge on any atom is 0.0638 e. The molecule has 1 N–H and O–H groups in total. The van der Waals surface area contributed by atoms with Crippen LogP contribution in [0.25, 0.3) is 0 Å². The highest BCUT2D eigenvalue weighted by molar-refractivity contribution is 5.15. The third kappa shape index (κ3) is 3.33. The van der Waals surface area contributed by atoms with Gasteiger partial charge in [0.2, 0.25) is 0 Å². The maximum absolute atomic E-state index is 4.44. The van der Waals surface area contributed by atoms with Gasteiger partial charge < -0.3 is 5.32 Å². The van der Waals surface area contributed by atoms with Crippen LogP contribution in [0.5, 0.6) is 0 Å². The Balaban J connectivity index is 1.98. The summed E-state index contributed by atoms with van der Waals surface area (Å²) >= 11 is 0. The van der Waals surface area contributed by atoms with Crippen LogP contribution < -0.4 is 5.32 Å². The molecule has 18 heavy (non-hydrogen) atoms. The first kappa shape index (κ1) is 13.6. The number of hydrogen-bond donors (Lipinski definition) is 1. The summed E-state index contributed by atoms with van der Waals surface area (Å²) in [6.45, 7) is 5.53. The Labute approximate surface area is 110 Å². The highest BCUT2D eigenvalue weighted by Crippen LogP contribution is 2.22. The largest absolute Gasteiger partial charge is 0.320 e. The summed E-state index contributed by atoms with van der Waals surface area (Å²) in [5.74, 6) is 0. The van der Waals surface area contributed by atoms with E-state index in [2.05, 4.69) is 28.4 Å². The van der Waals surface area contributed by atoms with E-state index in [1.807, 2.05) is 18.8 Å². The lowest BCUT2D eigenvalue weighted by molar-refractivity contribution is 0.132. The number of piperidine rings is 1. The van der Waals surface area contributed by atoms with Crippen molar-refractivity contribution in [1.29, 1.82) is 0 Å². The van der Waals surface area contributed by atoms with Crippen LogP contribution in [0.1, 0.15) is 36.9 Å². The Morgan fingerprint density at radius 1 is 1.44 bits per heavy atom. The lowest BCUT2D eigenvalue weighted by Crippen LogP contribution is -2.40. The van der Waals surface area contributed by atoms with Crippen LogP contribution in [0.2, 0.25) is 0 Å². The quantitative estimate of drug-likeness (QED) is 0.863. The van der Waals surface area contributed by atoms with Gasteiger partial charge in [0.1, 0.15) is 0 Å². The van der Waals surface area contributed by atoms with E-state index in [1.165, 1.54) is 43.5 Å². The summed E-state index contributed by atoms with van der Waals surface area (Å²) in [6.07, 6.45) is 7.50. The van der Waals surface area contributed by atoms with Crippen molar-refractivity contribution in [3.63, 3.8) is 0 Å². The van der Waals surface area contributed by atoms with Crippen LogP contribution in [0, 0.1) is 6.92 Å². The molecule has 0 bridgehead atoms. The molecule has 1 atom stereocenters. The summed E-state index contributed by atoms with van der Waals surface area (Å²) in [5, 5.41) is 7.71. The second-order valence-corrected chi connectivity index (χ2v) is 5.43. The maximum atomic E-state index is 4.44. The van der Waals surface area contributed by atoms with E-state index in [0.29, 0.717) is 0 Å². The van der Waals surface area contributed by atoms with E-state index in [4.69, 9.17) is 0 Å². The third-order valence-electron chi connectivity index (χ3n) is 3.97. The molecule has 2 heterocycles. The SMILES string of the molecule is CNCCC1CCCCN1Cc1cn(C)nc1C. The van der Waals surface area contributed by atoms with E-state index < -0.39 is 0 Å². The van der Waals surface area contributed by atoms with Crippen LogP contribution in [0.15, 0.2) is 6.20 Å². The van der Waals surface area contributed by atoms with Gasteiger partial charge in [-0.1, -0.05) is 6.42 Å². The first-order chi connectivity index (χ1) is 8.70. The monoisotopic (exact) mass is 250 g/mol. The summed E-state index contributed by atoms with van der Waals surface area (Å²) in [5.41, 5.74) is 2.56. The van der Waals surface area contributed by atoms with Crippen molar-refractivity contribution in [1.82, 2.24) is 20.0 Å². The second-order valence-electron chi connectivity index (χ2n) is 5.43. The molecule has 1 fully saturated rings. The smallest absolute Gasteiger partial charge is 0.0638 e. The molecule has 1 aliphatic heterocycles. The Bertz CT molecular complexity index is 372. The fraction of sp³-hybridized carbons (Fsp3) is 0.786. The molecular weight excluding hydrogens is 224 g/mol. The van der Waals surface area contributed by atoms with Gasteiger partial charge in [0.15, 0.2) is 0 Å². The minimum absolute atomic E-state index is 0.741. The molecule has 1 aromatic heterocycles. The number of aromatic nitrogens is 2. The molecule has 4 nitrogen and oxygen atoms in total. The molecule has 0 radical (unpaired) electrons. The summed E-state index contributed by atoms with van der Waals surface area (Å²) in [6, 6.07) is 0.741. The zero-order valence-corrected chi connectivity index (χ0v) is 11.9. The first-order valence-corrected chi connectivity index (χ1v) is 7.08. The van der Waals surface area contributed by atoms with E-state index in [9.17, 15) is 0 Å². The van der Waals surface area contributed by atoms with Gasteiger partial charge >= 0.3 is 0 Å². The van der Waals surface area contributed by atoms with Gasteiger partial charge in [-0.15, -0.1) is 0 Å². The molecule has 0 spiro atoms. The number of likely N-dealkylation sites (tertiary alicyclic amines) is 1. The molecule has 1 saturated heterocycles. The number of rotatable bonds is 5. The van der Waals surface area contributed by atoms with Crippen LogP contribution in [-0.2, 0) is 13.6 Å². The third-order valence-corrected chi connectivity index (χ3v) is 3.97. The van der Waals surface area contributed by atoms with Gasteiger partial charge in [-0.3, -0.25) is 9.58 Å². The van der Waals surface area contributed by atoms with E-state index in [-0.39, 0.29) is 0 Å². The molecular formula is C14H26N4. The van der Waals surface area contributed by atoms with Crippen LogP contribution in [-0.4, -0.2) is 40.9 Å². The van der Waals surface area contributed by atoms with Gasteiger partial charge in [0.05, 0.1) is 5.69 Å². The number of hydrogen-bond acceptors (Lipinski definition) is 3. The zero-order chi connectivity index (χ0) is 13.0. The van der Waals surface area contributed by atoms with E-state index >= 15 is 0 Å². The standard InChI is InChI=1S/C14H26N4/c1-12-13(10-17(3)16-12)11-18-9-5-4-6-14(18)7-8-15-2/h10,14-15H,4-9,11H2,1-3H3. The molecule has 0 amide bonds. The van der Waals surface area contributed by atoms with Crippen molar-refractivity contribution in [2.24, 2.45) is 7.05 Å². The van der Waals surface area contributed by atoms with Crippen molar-refractivity contribution >= 4 is 0 Å². The average molecular weight is 250 g/mol. The topological polar surface area (TPSA) is 33.1 Å². The highest BCUT2D eigenvalue weighted by Gasteiger charge is 2.22. The van der Waals surface area contributed by atoms with Gasteiger partial charge in [0, 0.05) is 31.4 Å². The highest BCUT2D eigenvalue weighted by atomic mass is 15.3. The number of aryl methyl sites for hydroxylation is 2. The van der Waals surface area contributed by atoms with Gasteiger partial charge in [-0.05, 0) is 46.3 Å². The number of nitrogens with one attached hydrogen (secondary N) is 1. The van der Waals surface area contributed by atoms with Crippen LogP contribution in [0.3, 0.4) is 0 Å².